The van der Waals surface area contributed by atoms with Gasteiger partial charge in [-0.1, -0.05) is 24.3 Å². The van der Waals surface area contributed by atoms with Crippen molar-refractivity contribution < 1.29 is 18.9 Å². The van der Waals surface area contributed by atoms with E-state index in [1.165, 1.54) is 6.33 Å². The molecule has 0 saturated carbocycles. The number of benzene rings is 3. The Labute approximate surface area is 175 Å². The van der Waals surface area contributed by atoms with Crippen LogP contribution < -0.4 is 18.9 Å². The second kappa shape index (κ2) is 8.69. The minimum atomic E-state index is 0.446. The van der Waals surface area contributed by atoms with Crippen LogP contribution in [0.1, 0.15) is 6.92 Å². The molecule has 6 heteroatoms. The van der Waals surface area contributed by atoms with Gasteiger partial charge in [-0.3, -0.25) is 0 Å². The summed E-state index contributed by atoms with van der Waals surface area (Å²) < 4.78 is 22.5. The number of hydrogen-bond acceptors (Lipinski definition) is 6. The highest BCUT2D eigenvalue weighted by atomic mass is 16.5. The lowest BCUT2D eigenvalue weighted by molar-refractivity contribution is 0.340. The molecule has 4 aromatic rings. The van der Waals surface area contributed by atoms with Crippen LogP contribution in [0.3, 0.4) is 0 Å². The van der Waals surface area contributed by atoms with Gasteiger partial charge in [0.1, 0.15) is 17.8 Å². The van der Waals surface area contributed by atoms with Crippen molar-refractivity contribution in [2.45, 2.75) is 6.92 Å². The maximum Gasteiger partial charge on any atom is 0.230 e. The van der Waals surface area contributed by atoms with Gasteiger partial charge >= 0.3 is 0 Å². The highest BCUT2D eigenvalue weighted by Gasteiger charge is 2.13. The summed E-state index contributed by atoms with van der Waals surface area (Å²) in [6.45, 7) is 2.60. The summed E-state index contributed by atoms with van der Waals surface area (Å²) >= 11 is 0. The van der Waals surface area contributed by atoms with Crippen molar-refractivity contribution in [2.24, 2.45) is 0 Å². The second-order valence-electron chi connectivity index (χ2n) is 6.49. The van der Waals surface area contributed by atoms with Crippen molar-refractivity contribution >= 4 is 10.9 Å². The molecule has 30 heavy (non-hydrogen) atoms. The van der Waals surface area contributed by atoms with Gasteiger partial charge in [0.25, 0.3) is 0 Å². The van der Waals surface area contributed by atoms with Gasteiger partial charge in [0.05, 0.1) is 31.7 Å². The Balaban J connectivity index is 1.69. The maximum atomic E-state index is 6.13. The monoisotopic (exact) mass is 402 g/mol. The van der Waals surface area contributed by atoms with Crippen LogP contribution in [-0.4, -0.2) is 30.8 Å². The van der Waals surface area contributed by atoms with Gasteiger partial charge in [-0.05, 0) is 48.4 Å². The molecule has 1 heterocycles. The van der Waals surface area contributed by atoms with Gasteiger partial charge in [0.15, 0.2) is 11.5 Å². The molecule has 0 atom stereocenters. The first-order valence-corrected chi connectivity index (χ1v) is 9.59. The third-order valence-corrected chi connectivity index (χ3v) is 4.63. The van der Waals surface area contributed by atoms with Crippen LogP contribution in [0.15, 0.2) is 67.0 Å². The summed E-state index contributed by atoms with van der Waals surface area (Å²) in [5.41, 5.74) is 2.77. The average molecular weight is 402 g/mol. The van der Waals surface area contributed by atoms with Crippen LogP contribution in [-0.2, 0) is 0 Å². The summed E-state index contributed by atoms with van der Waals surface area (Å²) in [4.78, 5) is 8.64. The van der Waals surface area contributed by atoms with E-state index in [4.69, 9.17) is 18.9 Å². The fourth-order valence-electron chi connectivity index (χ4n) is 3.22. The molecule has 152 valence electrons. The lowest BCUT2D eigenvalue weighted by atomic mass is 10.1. The van der Waals surface area contributed by atoms with Gasteiger partial charge < -0.3 is 18.9 Å². The molecule has 0 fully saturated rings. The molecule has 0 aliphatic rings. The summed E-state index contributed by atoms with van der Waals surface area (Å²) in [5, 5.41) is 0.735. The fourth-order valence-corrected chi connectivity index (χ4v) is 3.22. The van der Waals surface area contributed by atoms with E-state index in [9.17, 15) is 0 Å². The quantitative estimate of drug-likeness (QED) is 0.406. The molecule has 0 aliphatic carbocycles. The average Bonchev–Trinajstić information content (AvgIpc) is 2.79. The summed E-state index contributed by atoms with van der Waals surface area (Å²) in [6, 6.07) is 19.4. The molecular weight excluding hydrogens is 380 g/mol. The Morgan fingerprint density at radius 1 is 0.767 bits per heavy atom. The van der Waals surface area contributed by atoms with E-state index in [1.807, 2.05) is 61.5 Å². The van der Waals surface area contributed by atoms with Crippen LogP contribution in [0.25, 0.3) is 22.0 Å². The number of aromatic nitrogens is 2. The topological polar surface area (TPSA) is 62.7 Å². The minimum absolute atomic E-state index is 0.446. The van der Waals surface area contributed by atoms with Gasteiger partial charge in [0, 0.05) is 6.07 Å². The first kappa shape index (κ1) is 19.5. The predicted molar refractivity (Wildman–Crippen MR) is 116 cm³/mol. The molecule has 3 aromatic carbocycles. The zero-order valence-electron chi connectivity index (χ0n) is 17.1. The Kier molecular flexibility index (Phi) is 5.66. The Morgan fingerprint density at radius 3 is 2.13 bits per heavy atom. The highest BCUT2D eigenvalue weighted by molar-refractivity contribution is 5.87. The molecule has 0 saturated heterocycles. The molecule has 0 amide bonds. The van der Waals surface area contributed by atoms with Crippen LogP contribution in [0.5, 0.6) is 28.9 Å². The van der Waals surface area contributed by atoms with E-state index >= 15 is 0 Å². The van der Waals surface area contributed by atoms with Crippen LogP contribution in [0.4, 0.5) is 0 Å². The molecule has 0 aliphatic heterocycles. The van der Waals surface area contributed by atoms with Gasteiger partial charge in [-0.25, -0.2) is 9.97 Å². The number of methoxy groups -OCH3 is 2. The van der Waals surface area contributed by atoms with Crippen molar-refractivity contribution in [3.05, 3.63) is 67.0 Å². The number of nitrogens with zero attached hydrogens (tertiary/aromatic N) is 2. The molecule has 6 nitrogen and oxygen atoms in total. The molecule has 0 spiro atoms. The van der Waals surface area contributed by atoms with Gasteiger partial charge in [-0.2, -0.15) is 0 Å². The molecule has 1 aromatic heterocycles. The van der Waals surface area contributed by atoms with Crippen LogP contribution in [0.2, 0.25) is 0 Å². The number of ether oxygens (including phenoxy) is 4. The van der Waals surface area contributed by atoms with E-state index in [0.29, 0.717) is 35.3 Å². The van der Waals surface area contributed by atoms with Crippen LogP contribution >= 0.6 is 0 Å². The third kappa shape index (κ3) is 3.98. The smallest absolute Gasteiger partial charge is 0.230 e. The fraction of sp³-hybridized carbons (Fsp3) is 0.167. The van der Waals surface area contributed by atoms with E-state index in [-0.39, 0.29) is 0 Å². The standard InChI is InChI=1S/C24H22N2O4/c1-4-29-18-9-5-7-16(11-18)17-8-6-10-19(12-17)30-24-20-13-22(27-2)23(28-3)14-21(20)25-15-26-24/h5-15H,4H2,1-3H3. The molecular formula is C24H22N2O4. The van der Waals surface area contributed by atoms with Gasteiger partial charge in [-0.15, -0.1) is 0 Å². The van der Waals surface area contributed by atoms with Crippen molar-refractivity contribution in [3.63, 3.8) is 0 Å². The molecule has 4 rings (SSSR count). The minimum Gasteiger partial charge on any atom is -0.494 e. The van der Waals surface area contributed by atoms with Crippen LogP contribution in [0, 0.1) is 0 Å². The lowest BCUT2D eigenvalue weighted by Crippen LogP contribution is -1.95. The van der Waals surface area contributed by atoms with E-state index in [0.717, 1.165) is 22.3 Å². The second-order valence-corrected chi connectivity index (χ2v) is 6.49. The summed E-state index contributed by atoms with van der Waals surface area (Å²) in [6.07, 6.45) is 1.47. The van der Waals surface area contributed by atoms with E-state index < -0.39 is 0 Å². The number of rotatable bonds is 7. The maximum absolute atomic E-state index is 6.13. The van der Waals surface area contributed by atoms with Crippen molar-refractivity contribution in [2.75, 3.05) is 20.8 Å². The normalized spacial score (nSPS) is 10.6. The third-order valence-electron chi connectivity index (χ3n) is 4.63. The zero-order chi connectivity index (χ0) is 20.9. The van der Waals surface area contributed by atoms with E-state index in [1.54, 1.807) is 20.3 Å². The first-order valence-electron chi connectivity index (χ1n) is 9.59. The summed E-state index contributed by atoms with van der Waals surface area (Å²) in [7, 11) is 3.18. The number of hydrogen-bond donors (Lipinski definition) is 0. The Hall–Kier alpha value is -3.80. The van der Waals surface area contributed by atoms with Crippen molar-refractivity contribution in [3.8, 4) is 40.0 Å². The molecule has 0 radical (unpaired) electrons. The number of fused-ring (bicyclic) bond motifs is 1. The largest absolute Gasteiger partial charge is 0.494 e. The van der Waals surface area contributed by atoms with E-state index in [2.05, 4.69) is 9.97 Å². The highest BCUT2D eigenvalue weighted by Crippen LogP contribution is 2.36. The van der Waals surface area contributed by atoms with Gasteiger partial charge in [0.2, 0.25) is 5.88 Å². The Bertz CT molecular complexity index is 1180. The zero-order valence-corrected chi connectivity index (χ0v) is 17.1. The lowest BCUT2D eigenvalue weighted by Gasteiger charge is -2.12. The molecule has 0 unspecified atom stereocenters. The Morgan fingerprint density at radius 2 is 1.43 bits per heavy atom. The molecule has 0 bridgehead atoms. The first-order chi connectivity index (χ1) is 14.7. The molecule has 0 N–H and O–H groups in total. The predicted octanol–water partition coefficient (Wildman–Crippen LogP) is 5.51. The van der Waals surface area contributed by atoms with Crippen molar-refractivity contribution in [1.29, 1.82) is 0 Å². The summed E-state index contributed by atoms with van der Waals surface area (Å²) in [5.74, 6) is 3.14. The van der Waals surface area contributed by atoms with Crippen molar-refractivity contribution in [1.82, 2.24) is 9.97 Å². The SMILES string of the molecule is CCOc1cccc(-c2cccc(Oc3ncnc4cc(OC)c(OC)cc34)c2)c1.